The summed E-state index contributed by atoms with van der Waals surface area (Å²) in [7, 11) is -9.96. The summed E-state index contributed by atoms with van der Waals surface area (Å²) in [6, 6.07) is 0. The zero-order valence-electron chi connectivity index (χ0n) is 64.8. The number of rotatable bonds is 77. The largest absolute Gasteiger partial charge is 0.472 e. The van der Waals surface area contributed by atoms with Gasteiger partial charge in [0.1, 0.15) is 19.3 Å². The van der Waals surface area contributed by atoms with Gasteiger partial charge in [-0.2, -0.15) is 0 Å². The fourth-order valence-corrected chi connectivity index (χ4v) is 12.6. The number of aliphatic hydroxyl groups is 1. The molecule has 0 aromatic rings. The van der Waals surface area contributed by atoms with Crippen LogP contribution in [0.3, 0.4) is 0 Å². The second-order valence-corrected chi connectivity index (χ2v) is 30.3. The van der Waals surface area contributed by atoms with Gasteiger partial charge in [-0.1, -0.05) is 293 Å². The fourth-order valence-electron chi connectivity index (χ4n) is 11.1. The number of allylic oxidation sites excluding steroid dienone is 14. The number of hydrogen-bond donors (Lipinski definition) is 3. The Hall–Kier alpha value is -3.76. The second kappa shape index (κ2) is 75.5. The van der Waals surface area contributed by atoms with Crippen LogP contribution in [0.4, 0.5) is 0 Å². The van der Waals surface area contributed by atoms with E-state index in [0.717, 1.165) is 173 Å². The van der Waals surface area contributed by atoms with Crippen LogP contribution in [0.5, 0.6) is 0 Å². The third-order valence-corrected chi connectivity index (χ3v) is 19.2. The van der Waals surface area contributed by atoms with Gasteiger partial charge in [-0.3, -0.25) is 37.3 Å². The number of phosphoric acid groups is 2. The van der Waals surface area contributed by atoms with E-state index in [-0.39, 0.29) is 25.7 Å². The molecule has 592 valence electrons. The molecule has 19 heteroatoms. The van der Waals surface area contributed by atoms with Crippen LogP contribution in [0.15, 0.2) is 85.1 Å². The lowest BCUT2D eigenvalue weighted by molar-refractivity contribution is -0.161. The molecule has 0 aliphatic rings. The molecule has 0 aliphatic heterocycles. The topological polar surface area (TPSA) is 237 Å². The molecular formula is C83H148O17P2. The van der Waals surface area contributed by atoms with Crippen LogP contribution >= 0.6 is 15.6 Å². The maximum atomic E-state index is 13.1. The zero-order valence-corrected chi connectivity index (χ0v) is 66.6. The minimum absolute atomic E-state index is 0.0776. The number of carbonyl (C=O) groups excluding carboxylic acids is 4. The molecule has 0 spiro atoms. The number of ether oxygens (including phenoxy) is 4. The Morgan fingerprint density at radius 2 is 0.480 bits per heavy atom. The fraction of sp³-hybridized carbons (Fsp3) is 0.783. The van der Waals surface area contributed by atoms with Gasteiger partial charge in [0.2, 0.25) is 0 Å². The Morgan fingerprint density at radius 1 is 0.275 bits per heavy atom. The van der Waals surface area contributed by atoms with Gasteiger partial charge in [-0.25, -0.2) is 9.13 Å². The average Bonchev–Trinajstić information content (AvgIpc) is 0.908. The van der Waals surface area contributed by atoms with E-state index in [1.807, 2.05) is 0 Å². The molecule has 3 N–H and O–H groups in total. The Bertz CT molecular complexity index is 2260. The molecule has 5 unspecified atom stereocenters. The monoisotopic (exact) mass is 1480 g/mol. The van der Waals surface area contributed by atoms with E-state index in [9.17, 15) is 43.2 Å². The summed E-state index contributed by atoms with van der Waals surface area (Å²) in [4.78, 5) is 73.0. The molecule has 0 rings (SSSR count). The summed E-state index contributed by atoms with van der Waals surface area (Å²) in [6.07, 6.45) is 78.3. The van der Waals surface area contributed by atoms with Crippen molar-refractivity contribution in [2.75, 3.05) is 39.6 Å². The van der Waals surface area contributed by atoms with Crippen molar-refractivity contribution in [3.05, 3.63) is 85.1 Å². The molecule has 102 heavy (non-hydrogen) atoms. The molecular weight excluding hydrogens is 1330 g/mol. The molecule has 0 aromatic carbocycles. The Morgan fingerprint density at radius 3 is 0.755 bits per heavy atom. The van der Waals surface area contributed by atoms with Crippen molar-refractivity contribution in [3.63, 3.8) is 0 Å². The van der Waals surface area contributed by atoms with E-state index in [2.05, 4.69) is 113 Å². The SMILES string of the molecule is CCCCC/C=C\C/C=C\C/C=C\CCCCCCCCC(=O)OCC(COP(=O)(O)OCC(O)COP(=O)(O)OCC(COC(=O)CCCCCCC/C=C\C/C=C\CCCCC)OC(=O)CCCCCCC/C=C\C/C=C\CCCCC)OC(=O)CCCCCCCCCCCCCCC. The van der Waals surface area contributed by atoms with Crippen LogP contribution < -0.4 is 0 Å². The van der Waals surface area contributed by atoms with Crippen LogP contribution in [0, 0.1) is 0 Å². The number of phosphoric ester groups is 2. The first-order valence-electron chi connectivity index (χ1n) is 40.8. The van der Waals surface area contributed by atoms with Crippen LogP contribution in [0.2, 0.25) is 0 Å². The van der Waals surface area contributed by atoms with Gasteiger partial charge in [-0.15, -0.1) is 0 Å². The highest BCUT2D eigenvalue weighted by molar-refractivity contribution is 7.47. The Labute approximate surface area is 621 Å². The predicted molar refractivity (Wildman–Crippen MR) is 418 cm³/mol. The van der Waals surface area contributed by atoms with Gasteiger partial charge in [0.05, 0.1) is 26.4 Å². The van der Waals surface area contributed by atoms with Crippen molar-refractivity contribution < 1.29 is 80.2 Å². The van der Waals surface area contributed by atoms with E-state index < -0.39 is 97.5 Å². The Balaban J connectivity index is 5.35. The summed E-state index contributed by atoms with van der Waals surface area (Å²) in [6.45, 7) is 4.81. The summed E-state index contributed by atoms with van der Waals surface area (Å²) >= 11 is 0. The van der Waals surface area contributed by atoms with E-state index in [1.165, 1.54) is 109 Å². The zero-order chi connectivity index (χ0) is 74.6. The molecule has 17 nitrogen and oxygen atoms in total. The summed E-state index contributed by atoms with van der Waals surface area (Å²) in [5.41, 5.74) is 0. The summed E-state index contributed by atoms with van der Waals surface area (Å²) < 4.78 is 68.6. The third kappa shape index (κ3) is 74.5. The van der Waals surface area contributed by atoms with Crippen LogP contribution in [-0.4, -0.2) is 96.7 Å². The smallest absolute Gasteiger partial charge is 0.462 e. The highest BCUT2D eigenvalue weighted by Gasteiger charge is 2.30. The number of aliphatic hydroxyl groups excluding tert-OH is 1. The van der Waals surface area contributed by atoms with Gasteiger partial charge in [0.15, 0.2) is 12.2 Å². The summed E-state index contributed by atoms with van der Waals surface area (Å²) in [5.74, 6) is -2.19. The molecule has 0 fully saturated rings. The quantitative estimate of drug-likeness (QED) is 0.0169. The average molecular weight is 1480 g/mol. The molecule has 5 atom stereocenters. The van der Waals surface area contributed by atoms with E-state index in [0.29, 0.717) is 25.7 Å². The molecule has 0 saturated heterocycles. The van der Waals surface area contributed by atoms with E-state index in [4.69, 9.17) is 37.0 Å². The highest BCUT2D eigenvalue weighted by Crippen LogP contribution is 2.45. The van der Waals surface area contributed by atoms with Gasteiger partial charge in [0, 0.05) is 25.7 Å². The summed E-state index contributed by atoms with van der Waals surface area (Å²) in [5, 5.41) is 10.6. The number of esters is 4. The van der Waals surface area contributed by atoms with Crippen molar-refractivity contribution in [3.8, 4) is 0 Å². The first-order valence-corrected chi connectivity index (χ1v) is 43.8. The minimum atomic E-state index is -4.98. The number of unbranched alkanes of at least 4 members (excludes halogenated alkanes) is 37. The molecule has 0 bridgehead atoms. The lowest BCUT2D eigenvalue weighted by atomic mass is 10.0. The molecule has 0 radical (unpaired) electrons. The highest BCUT2D eigenvalue weighted by atomic mass is 31.2. The third-order valence-electron chi connectivity index (χ3n) is 17.3. The van der Waals surface area contributed by atoms with Gasteiger partial charge >= 0.3 is 39.5 Å². The lowest BCUT2D eigenvalue weighted by Gasteiger charge is -2.21. The van der Waals surface area contributed by atoms with Crippen molar-refractivity contribution >= 4 is 39.5 Å². The molecule has 0 heterocycles. The minimum Gasteiger partial charge on any atom is -0.462 e. The van der Waals surface area contributed by atoms with E-state index >= 15 is 0 Å². The Kier molecular flexibility index (Phi) is 72.7. The standard InChI is InChI=1S/C83H148O17P2/c1-5-9-13-17-21-25-29-33-36-37-38-39-42-45-48-52-56-60-64-68-81(86)94-73-78(99-82(87)69-65-61-57-53-49-43-32-28-24-20-16-12-8-4)75-97-101(89,90)95-71-77(84)72-96-102(91,92)98-76-79(100-83(88)70-66-62-58-54-50-46-41-35-31-27-23-19-15-11-7-3)74-93-80(85)67-63-59-55-51-47-44-40-34-30-26-22-18-14-10-6-2/h21-23,25-27,33-36,38-41,77-79,84H,5-20,24,28-32,37,42-76H2,1-4H3,(H,89,90)(H,91,92)/b25-21-,26-22-,27-23-,36-33-,39-38-,40-34-,41-35-. The second-order valence-electron chi connectivity index (χ2n) is 27.4. The van der Waals surface area contributed by atoms with Crippen molar-refractivity contribution in [1.29, 1.82) is 0 Å². The lowest BCUT2D eigenvalue weighted by Crippen LogP contribution is -2.30. The van der Waals surface area contributed by atoms with Crippen LogP contribution in [0.25, 0.3) is 0 Å². The van der Waals surface area contributed by atoms with E-state index in [1.54, 1.807) is 0 Å². The molecule has 0 amide bonds. The van der Waals surface area contributed by atoms with Gasteiger partial charge in [0.25, 0.3) is 0 Å². The predicted octanol–water partition coefficient (Wildman–Crippen LogP) is 23.8. The van der Waals surface area contributed by atoms with Gasteiger partial charge in [-0.05, 0) is 128 Å². The van der Waals surface area contributed by atoms with Crippen LogP contribution in [0.1, 0.15) is 362 Å². The van der Waals surface area contributed by atoms with Crippen molar-refractivity contribution in [2.24, 2.45) is 0 Å². The van der Waals surface area contributed by atoms with Crippen LogP contribution in [-0.2, 0) is 65.4 Å². The first kappa shape index (κ1) is 98.2. The molecule has 0 aliphatic carbocycles. The number of hydrogen-bond acceptors (Lipinski definition) is 15. The van der Waals surface area contributed by atoms with Gasteiger partial charge < -0.3 is 33.8 Å². The van der Waals surface area contributed by atoms with Crippen molar-refractivity contribution in [2.45, 2.75) is 380 Å². The maximum absolute atomic E-state index is 13.1. The normalized spacial score (nSPS) is 14.3. The van der Waals surface area contributed by atoms with Crippen molar-refractivity contribution in [1.82, 2.24) is 0 Å². The molecule has 0 aromatic heterocycles. The maximum Gasteiger partial charge on any atom is 0.472 e. The molecule has 0 saturated carbocycles. The number of carbonyl (C=O) groups is 4. The first-order chi connectivity index (χ1) is 49.7.